The first-order valence-electron chi connectivity index (χ1n) is 19.1. The van der Waals surface area contributed by atoms with Gasteiger partial charge in [0.2, 0.25) is 0 Å². The molecule has 0 aliphatic heterocycles. The number of nitrogens with two attached hydrogens (primary N) is 1. The standard InChI is InChI=1S/C51H42N2O/c1-51(2)43-20-10-18-34(48(43)41-28-36-14-6-8-16-38(36)30-44(41)51)26-27-45(53-50(52)35-12-4-3-5-13-35)33-24-22-32(23-25-33)40-19-11-21-46-49(40)42-29-37-15-7-9-17-39(37)31-47(42)54-46/h3-8,10-16,18-31,45,50,53H,9,17,52H2,1-2H3/b27-26+. The Kier molecular flexibility index (Phi) is 7.76. The van der Waals surface area contributed by atoms with Crippen molar-refractivity contribution in [3.8, 4) is 22.3 Å². The van der Waals surface area contributed by atoms with E-state index >= 15 is 0 Å². The van der Waals surface area contributed by atoms with E-state index < -0.39 is 0 Å². The molecule has 8 aromatic rings. The van der Waals surface area contributed by atoms with E-state index in [-0.39, 0.29) is 17.6 Å². The highest BCUT2D eigenvalue weighted by atomic mass is 16.3. The predicted octanol–water partition coefficient (Wildman–Crippen LogP) is 12.7. The van der Waals surface area contributed by atoms with E-state index in [1.54, 1.807) is 0 Å². The number of hydrogen-bond acceptors (Lipinski definition) is 3. The Bertz CT molecular complexity index is 2780. The van der Waals surface area contributed by atoms with Gasteiger partial charge in [0.15, 0.2) is 0 Å². The highest BCUT2D eigenvalue weighted by Gasteiger charge is 2.36. The van der Waals surface area contributed by atoms with Crippen molar-refractivity contribution in [1.82, 2.24) is 5.32 Å². The third-order valence-electron chi connectivity index (χ3n) is 11.8. The third kappa shape index (κ3) is 5.43. The van der Waals surface area contributed by atoms with Gasteiger partial charge in [-0.05, 0) is 115 Å². The van der Waals surface area contributed by atoms with Gasteiger partial charge >= 0.3 is 0 Å². The summed E-state index contributed by atoms with van der Waals surface area (Å²) in [5.74, 6) is 0. The Morgan fingerprint density at radius 1 is 0.704 bits per heavy atom. The second kappa shape index (κ2) is 12.8. The molecular formula is C51H42N2O. The summed E-state index contributed by atoms with van der Waals surface area (Å²) in [5, 5.41) is 8.63. The maximum Gasteiger partial charge on any atom is 0.136 e. The number of hydrogen-bond donors (Lipinski definition) is 2. The highest BCUT2D eigenvalue weighted by molar-refractivity contribution is 6.13. The van der Waals surface area contributed by atoms with Crippen LogP contribution in [-0.2, 0) is 11.8 Å². The molecule has 0 saturated heterocycles. The minimum Gasteiger partial charge on any atom is -0.456 e. The quantitative estimate of drug-likeness (QED) is 0.163. The Morgan fingerprint density at radius 3 is 2.31 bits per heavy atom. The van der Waals surface area contributed by atoms with Crippen LogP contribution >= 0.6 is 0 Å². The van der Waals surface area contributed by atoms with Crippen LogP contribution in [0.2, 0.25) is 0 Å². The fourth-order valence-corrected chi connectivity index (χ4v) is 8.91. The van der Waals surface area contributed by atoms with Crippen molar-refractivity contribution in [2.45, 2.75) is 44.3 Å². The fraction of sp³-hybridized carbons (Fsp3) is 0.137. The zero-order chi connectivity index (χ0) is 36.4. The molecule has 3 N–H and O–H groups in total. The molecule has 2 aliphatic carbocycles. The van der Waals surface area contributed by atoms with Crippen molar-refractivity contribution in [3.05, 3.63) is 191 Å². The van der Waals surface area contributed by atoms with Crippen LogP contribution in [0.5, 0.6) is 0 Å². The molecule has 3 heteroatoms. The third-order valence-corrected chi connectivity index (χ3v) is 11.8. The summed E-state index contributed by atoms with van der Waals surface area (Å²) in [5.41, 5.74) is 22.4. The van der Waals surface area contributed by atoms with E-state index in [0.717, 1.165) is 46.1 Å². The van der Waals surface area contributed by atoms with Crippen molar-refractivity contribution < 1.29 is 4.42 Å². The second-order valence-electron chi connectivity index (χ2n) is 15.4. The van der Waals surface area contributed by atoms with Crippen LogP contribution in [0.4, 0.5) is 0 Å². The SMILES string of the molecule is CC1(C)c2cc3ccccc3cc2-c2c(/C=C/C(NC(N)c3ccccc3)c3ccc(-c4cccc5oc6cc7c(cc6c45)C=CCC7)cc3)cccc21. The van der Waals surface area contributed by atoms with Gasteiger partial charge in [0.25, 0.3) is 0 Å². The molecule has 0 bridgehead atoms. The van der Waals surface area contributed by atoms with Gasteiger partial charge in [0, 0.05) is 16.2 Å². The Labute approximate surface area is 316 Å². The van der Waals surface area contributed by atoms with Gasteiger partial charge < -0.3 is 10.2 Å². The second-order valence-corrected chi connectivity index (χ2v) is 15.4. The summed E-state index contributed by atoms with van der Waals surface area (Å²) < 4.78 is 6.43. The number of nitrogens with one attached hydrogen (secondary N) is 1. The van der Waals surface area contributed by atoms with Gasteiger partial charge in [-0.2, -0.15) is 0 Å². The van der Waals surface area contributed by atoms with Crippen LogP contribution in [0.25, 0.3) is 67.1 Å². The van der Waals surface area contributed by atoms with Crippen molar-refractivity contribution in [1.29, 1.82) is 0 Å². The number of fused-ring (bicyclic) bond motifs is 8. The largest absolute Gasteiger partial charge is 0.456 e. The van der Waals surface area contributed by atoms with Crippen molar-refractivity contribution in [2.24, 2.45) is 5.73 Å². The predicted molar refractivity (Wildman–Crippen MR) is 226 cm³/mol. The molecule has 7 aromatic carbocycles. The van der Waals surface area contributed by atoms with E-state index in [9.17, 15) is 0 Å². The van der Waals surface area contributed by atoms with Gasteiger partial charge in [-0.25, -0.2) is 0 Å². The minimum atomic E-state index is -0.348. The molecule has 0 spiro atoms. The topological polar surface area (TPSA) is 51.2 Å². The number of furan rings is 1. The molecule has 1 aromatic heterocycles. The Balaban J connectivity index is 1.04. The van der Waals surface area contributed by atoms with E-state index in [2.05, 4.69) is 165 Å². The molecular weight excluding hydrogens is 657 g/mol. The van der Waals surface area contributed by atoms with Crippen molar-refractivity contribution in [3.63, 3.8) is 0 Å². The summed E-state index contributed by atoms with van der Waals surface area (Å²) in [6.45, 7) is 4.70. The molecule has 0 radical (unpaired) electrons. The van der Waals surface area contributed by atoms with Crippen LogP contribution in [0, 0.1) is 0 Å². The first kappa shape index (κ1) is 32.6. The van der Waals surface area contributed by atoms with E-state index in [4.69, 9.17) is 10.2 Å². The molecule has 2 aliphatic rings. The van der Waals surface area contributed by atoms with E-state index in [1.807, 2.05) is 18.2 Å². The van der Waals surface area contributed by atoms with Crippen LogP contribution < -0.4 is 11.1 Å². The van der Waals surface area contributed by atoms with Crippen molar-refractivity contribution in [2.75, 3.05) is 0 Å². The van der Waals surface area contributed by atoms with Gasteiger partial charge in [0.05, 0.1) is 12.2 Å². The lowest BCUT2D eigenvalue weighted by atomic mass is 9.81. The average molecular weight is 699 g/mol. The van der Waals surface area contributed by atoms with E-state index in [1.165, 1.54) is 60.7 Å². The zero-order valence-corrected chi connectivity index (χ0v) is 30.6. The molecule has 3 nitrogen and oxygen atoms in total. The molecule has 0 saturated carbocycles. The molecule has 0 amide bonds. The summed E-state index contributed by atoms with van der Waals surface area (Å²) in [6, 6.07) is 50.2. The van der Waals surface area contributed by atoms with Gasteiger partial charge in [-0.15, -0.1) is 0 Å². The summed E-state index contributed by atoms with van der Waals surface area (Å²) in [4.78, 5) is 0. The number of rotatable bonds is 7. The highest BCUT2D eigenvalue weighted by Crippen LogP contribution is 2.51. The smallest absolute Gasteiger partial charge is 0.136 e. The molecule has 0 fully saturated rings. The summed E-state index contributed by atoms with van der Waals surface area (Å²) in [6.07, 6.45) is 10.9. The van der Waals surface area contributed by atoms with Crippen LogP contribution in [-0.4, -0.2) is 0 Å². The van der Waals surface area contributed by atoms with Crippen LogP contribution in [0.1, 0.15) is 71.4 Å². The van der Waals surface area contributed by atoms with Crippen molar-refractivity contribution >= 4 is 44.9 Å². The Hall–Kier alpha value is -6.00. The lowest BCUT2D eigenvalue weighted by Crippen LogP contribution is -2.31. The van der Waals surface area contributed by atoms with Gasteiger partial charge in [-0.1, -0.05) is 147 Å². The minimum absolute atomic E-state index is 0.0963. The van der Waals surface area contributed by atoms with E-state index in [0.29, 0.717) is 0 Å². The molecule has 1 heterocycles. The normalized spacial score (nSPS) is 15.5. The molecule has 54 heavy (non-hydrogen) atoms. The maximum atomic E-state index is 6.86. The van der Waals surface area contributed by atoms with Gasteiger partial charge in [0.1, 0.15) is 11.2 Å². The Morgan fingerprint density at radius 2 is 1.48 bits per heavy atom. The number of aryl methyl sites for hydroxylation is 1. The first-order chi connectivity index (χ1) is 26.4. The zero-order valence-electron chi connectivity index (χ0n) is 30.6. The number of allylic oxidation sites excluding steroid dienone is 1. The summed E-state index contributed by atoms with van der Waals surface area (Å²) >= 11 is 0. The summed E-state index contributed by atoms with van der Waals surface area (Å²) in [7, 11) is 0. The number of benzene rings is 7. The molecule has 2 atom stereocenters. The maximum absolute atomic E-state index is 6.86. The molecule has 262 valence electrons. The fourth-order valence-electron chi connectivity index (χ4n) is 8.91. The average Bonchev–Trinajstić information content (AvgIpc) is 3.69. The van der Waals surface area contributed by atoms with Crippen LogP contribution in [0.3, 0.4) is 0 Å². The molecule has 2 unspecified atom stereocenters. The lowest BCUT2D eigenvalue weighted by molar-refractivity contribution is 0.509. The molecule has 10 rings (SSSR count). The monoisotopic (exact) mass is 698 g/mol. The first-order valence-corrected chi connectivity index (χ1v) is 19.1. The lowest BCUT2D eigenvalue weighted by Gasteiger charge is -2.23. The van der Waals surface area contributed by atoms with Crippen LogP contribution in [0.15, 0.2) is 156 Å². The van der Waals surface area contributed by atoms with Gasteiger partial charge in [-0.3, -0.25) is 5.32 Å².